The molecule has 2 aromatic rings. The summed E-state index contributed by atoms with van der Waals surface area (Å²) in [6.45, 7) is 0.0942. The van der Waals surface area contributed by atoms with Crippen molar-refractivity contribution < 1.29 is 22.7 Å². The Morgan fingerprint density at radius 3 is 2.61 bits per heavy atom. The first-order chi connectivity index (χ1) is 10.7. The minimum absolute atomic E-state index is 0.0942. The Kier molecular flexibility index (Phi) is 5.90. The summed E-state index contributed by atoms with van der Waals surface area (Å²) in [5.74, 6) is -0.632. The molecule has 0 aromatic heterocycles. The third-order valence-corrected chi connectivity index (χ3v) is 3.79. The summed E-state index contributed by atoms with van der Waals surface area (Å²) in [5.41, 5.74) is 0.969. The van der Waals surface area contributed by atoms with E-state index in [1.54, 1.807) is 18.2 Å². The average Bonchev–Trinajstić information content (AvgIpc) is 2.42. The molecule has 0 spiro atoms. The molecular weight excluding hydrogens is 490 g/mol. The molecule has 0 aliphatic rings. The fourth-order valence-electron chi connectivity index (χ4n) is 1.82. The van der Waals surface area contributed by atoms with Crippen molar-refractivity contribution in [3.8, 4) is 5.75 Å². The Bertz CT molecular complexity index is 702. The maximum absolute atomic E-state index is 12.2. The van der Waals surface area contributed by atoms with Gasteiger partial charge in [-0.3, -0.25) is 4.79 Å². The number of hydrogen-bond acceptors (Lipinski definition) is 2. The predicted molar refractivity (Wildman–Crippen MR) is 91.2 cm³/mol. The molecule has 0 aliphatic heterocycles. The number of carbonyl (C=O) groups excluding carboxylic acids is 1. The zero-order valence-corrected chi connectivity index (χ0v) is 15.2. The van der Waals surface area contributed by atoms with Gasteiger partial charge < -0.3 is 10.1 Å². The van der Waals surface area contributed by atoms with E-state index in [1.165, 1.54) is 18.2 Å². The molecule has 23 heavy (non-hydrogen) atoms. The summed E-state index contributed by atoms with van der Waals surface area (Å²) in [4.78, 5) is 12.1. The zero-order chi connectivity index (χ0) is 17.0. The van der Waals surface area contributed by atoms with E-state index in [0.717, 1.165) is 8.04 Å². The van der Waals surface area contributed by atoms with Gasteiger partial charge in [-0.25, -0.2) is 0 Å². The van der Waals surface area contributed by atoms with Crippen LogP contribution in [-0.4, -0.2) is 12.3 Å². The Hall–Kier alpha value is -1.29. The Morgan fingerprint density at radius 1 is 1.22 bits per heavy atom. The summed E-state index contributed by atoms with van der Waals surface area (Å²) < 4.78 is 42.1. The highest BCUT2D eigenvalue weighted by Crippen LogP contribution is 2.23. The molecule has 0 aliphatic carbocycles. The highest BCUT2D eigenvalue weighted by molar-refractivity contribution is 14.1. The van der Waals surface area contributed by atoms with Gasteiger partial charge in [0.05, 0.1) is 0 Å². The van der Waals surface area contributed by atoms with Crippen molar-refractivity contribution in [2.45, 2.75) is 12.9 Å². The molecular formula is C15H10BrF3INO2. The number of alkyl halides is 3. The van der Waals surface area contributed by atoms with E-state index < -0.39 is 6.36 Å². The van der Waals surface area contributed by atoms with Crippen LogP contribution >= 0.6 is 38.5 Å². The van der Waals surface area contributed by atoms with Crippen LogP contribution in [0.2, 0.25) is 0 Å². The second kappa shape index (κ2) is 7.52. The molecule has 0 saturated heterocycles. The first-order valence-electron chi connectivity index (χ1n) is 6.32. The van der Waals surface area contributed by atoms with Crippen LogP contribution in [0.25, 0.3) is 0 Å². The molecule has 0 heterocycles. The first kappa shape index (κ1) is 18.1. The molecule has 0 saturated carbocycles. The van der Waals surface area contributed by atoms with Crippen LogP contribution in [0, 0.1) is 3.57 Å². The maximum atomic E-state index is 12.2. The van der Waals surface area contributed by atoms with Crippen LogP contribution in [-0.2, 0) is 6.54 Å². The number of benzene rings is 2. The predicted octanol–water partition coefficient (Wildman–Crippen LogP) is 4.88. The monoisotopic (exact) mass is 499 g/mol. The lowest BCUT2D eigenvalue weighted by molar-refractivity contribution is -0.274. The van der Waals surface area contributed by atoms with Gasteiger partial charge in [0.15, 0.2) is 0 Å². The summed E-state index contributed by atoms with van der Waals surface area (Å²) in [6.07, 6.45) is -4.74. The first-order valence-corrected chi connectivity index (χ1v) is 8.19. The number of rotatable bonds is 4. The number of nitrogens with one attached hydrogen (secondary N) is 1. The van der Waals surface area contributed by atoms with Crippen molar-refractivity contribution in [1.29, 1.82) is 0 Å². The van der Waals surface area contributed by atoms with Crippen molar-refractivity contribution in [2.24, 2.45) is 0 Å². The minimum atomic E-state index is -4.74. The van der Waals surface area contributed by atoms with Gasteiger partial charge in [0.25, 0.3) is 5.91 Å². The van der Waals surface area contributed by atoms with Gasteiger partial charge >= 0.3 is 6.36 Å². The molecule has 2 rings (SSSR count). The van der Waals surface area contributed by atoms with E-state index in [2.05, 4.69) is 48.6 Å². The van der Waals surface area contributed by atoms with Crippen molar-refractivity contribution >= 4 is 44.4 Å². The number of carbonyl (C=O) groups is 1. The molecule has 8 heteroatoms. The van der Waals surface area contributed by atoms with Crippen molar-refractivity contribution in [3.05, 3.63) is 61.6 Å². The van der Waals surface area contributed by atoms with E-state index >= 15 is 0 Å². The second-order valence-corrected chi connectivity index (χ2v) is 6.70. The highest BCUT2D eigenvalue weighted by atomic mass is 127. The van der Waals surface area contributed by atoms with Gasteiger partial charge in [-0.1, -0.05) is 28.1 Å². The highest BCUT2D eigenvalue weighted by Gasteiger charge is 2.31. The fraction of sp³-hybridized carbons (Fsp3) is 0.133. The lowest BCUT2D eigenvalue weighted by Crippen LogP contribution is -2.23. The SMILES string of the molecule is O=C(NCc1cccc(OC(F)(F)F)c1)c1cc(Br)cc(I)c1. The van der Waals surface area contributed by atoms with Crippen LogP contribution in [0.5, 0.6) is 5.75 Å². The standard InChI is InChI=1S/C15H10BrF3INO2/c16-11-5-10(6-12(20)7-11)14(22)21-8-9-2-1-3-13(4-9)23-15(17,18)19/h1-7H,8H2,(H,21,22). The molecule has 0 fully saturated rings. The normalized spacial score (nSPS) is 11.2. The Morgan fingerprint density at radius 2 is 1.96 bits per heavy atom. The summed E-state index contributed by atoms with van der Waals surface area (Å²) >= 11 is 5.39. The van der Waals surface area contributed by atoms with Crippen molar-refractivity contribution in [2.75, 3.05) is 0 Å². The Balaban J connectivity index is 2.03. The lowest BCUT2D eigenvalue weighted by atomic mass is 10.2. The average molecular weight is 500 g/mol. The van der Waals surface area contributed by atoms with E-state index in [4.69, 9.17) is 0 Å². The van der Waals surface area contributed by atoms with Crippen molar-refractivity contribution in [3.63, 3.8) is 0 Å². The zero-order valence-electron chi connectivity index (χ0n) is 11.5. The molecule has 1 amide bonds. The molecule has 0 atom stereocenters. The molecule has 122 valence electrons. The summed E-state index contributed by atoms with van der Waals surface area (Å²) in [6, 6.07) is 10.7. The molecule has 0 radical (unpaired) electrons. The quantitative estimate of drug-likeness (QED) is 0.609. The second-order valence-electron chi connectivity index (χ2n) is 4.54. The summed E-state index contributed by atoms with van der Waals surface area (Å²) in [7, 11) is 0. The fourth-order valence-corrected chi connectivity index (χ4v) is 3.41. The van der Waals surface area contributed by atoms with E-state index in [9.17, 15) is 18.0 Å². The van der Waals surface area contributed by atoms with Gasteiger partial charge in [0, 0.05) is 20.2 Å². The minimum Gasteiger partial charge on any atom is -0.406 e. The number of halogens is 5. The van der Waals surface area contributed by atoms with Gasteiger partial charge in [-0.15, -0.1) is 13.2 Å². The molecule has 0 unspecified atom stereocenters. The number of ether oxygens (including phenoxy) is 1. The smallest absolute Gasteiger partial charge is 0.406 e. The number of hydrogen-bond donors (Lipinski definition) is 1. The third kappa shape index (κ3) is 6.02. The molecule has 3 nitrogen and oxygen atoms in total. The topological polar surface area (TPSA) is 38.3 Å². The van der Waals surface area contributed by atoms with Gasteiger partial charge in [0.2, 0.25) is 0 Å². The largest absolute Gasteiger partial charge is 0.573 e. The van der Waals surface area contributed by atoms with Gasteiger partial charge in [-0.2, -0.15) is 0 Å². The van der Waals surface area contributed by atoms with Crippen LogP contribution < -0.4 is 10.1 Å². The van der Waals surface area contributed by atoms with E-state index in [0.29, 0.717) is 11.1 Å². The van der Waals surface area contributed by atoms with Crippen molar-refractivity contribution in [1.82, 2.24) is 5.32 Å². The van der Waals surface area contributed by atoms with Crippen LogP contribution in [0.4, 0.5) is 13.2 Å². The van der Waals surface area contributed by atoms with E-state index in [1.807, 2.05) is 6.07 Å². The lowest BCUT2D eigenvalue weighted by Gasteiger charge is -2.11. The molecule has 0 bridgehead atoms. The van der Waals surface area contributed by atoms with E-state index in [-0.39, 0.29) is 18.2 Å². The maximum Gasteiger partial charge on any atom is 0.573 e. The van der Waals surface area contributed by atoms with Crippen LogP contribution in [0.3, 0.4) is 0 Å². The number of amides is 1. The van der Waals surface area contributed by atoms with Gasteiger partial charge in [-0.05, 0) is 58.5 Å². The van der Waals surface area contributed by atoms with Gasteiger partial charge in [0.1, 0.15) is 5.75 Å². The Labute approximate surface area is 152 Å². The summed E-state index contributed by atoms with van der Waals surface area (Å²) in [5, 5.41) is 2.66. The third-order valence-electron chi connectivity index (χ3n) is 2.71. The molecule has 1 N–H and O–H groups in total. The van der Waals surface area contributed by atoms with Crippen LogP contribution in [0.1, 0.15) is 15.9 Å². The molecule has 2 aromatic carbocycles. The van der Waals surface area contributed by atoms with Crippen LogP contribution in [0.15, 0.2) is 46.9 Å².